The topological polar surface area (TPSA) is 65.8 Å². The number of amides is 3. The van der Waals surface area contributed by atoms with Gasteiger partial charge in [0.25, 0.3) is 0 Å². The molecule has 0 aliphatic carbocycles. The van der Waals surface area contributed by atoms with Crippen molar-refractivity contribution in [3.8, 4) is 0 Å². The Morgan fingerprint density at radius 1 is 1.07 bits per heavy atom. The first-order valence-electron chi connectivity index (χ1n) is 10.1. The number of aryl methyl sites for hydroxylation is 1. The van der Waals surface area contributed by atoms with Crippen molar-refractivity contribution in [3.63, 3.8) is 0 Å². The molecule has 0 aliphatic rings. The highest BCUT2D eigenvalue weighted by molar-refractivity contribution is 5.84. The maximum atomic E-state index is 13.3. The van der Waals surface area contributed by atoms with Gasteiger partial charge in [-0.25, -0.2) is 9.18 Å². The molecule has 1 heterocycles. The van der Waals surface area contributed by atoms with E-state index in [1.165, 1.54) is 17.0 Å². The second kappa shape index (κ2) is 9.78. The van der Waals surface area contributed by atoms with Crippen LogP contribution in [0.25, 0.3) is 0 Å². The van der Waals surface area contributed by atoms with Gasteiger partial charge in [0.1, 0.15) is 23.9 Å². The van der Waals surface area contributed by atoms with Gasteiger partial charge in [0.15, 0.2) is 0 Å². The molecule has 1 aromatic carbocycles. The number of hydrogen-bond acceptors (Lipinski definition) is 3. The number of nitrogens with one attached hydrogen (secondary N) is 1. The SMILES string of the molecule is Cc1ccc(CN(Cc2ccc(F)cc2)C(=O)CN(C(=O)NC(C)(C)C)C(C)C)o1. The largest absolute Gasteiger partial charge is 0.464 e. The third-order valence-corrected chi connectivity index (χ3v) is 4.45. The summed E-state index contributed by atoms with van der Waals surface area (Å²) in [4.78, 5) is 29.0. The highest BCUT2D eigenvalue weighted by Crippen LogP contribution is 2.15. The van der Waals surface area contributed by atoms with E-state index in [-0.39, 0.29) is 43.4 Å². The summed E-state index contributed by atoms with van der Waals surface area (Å²) in [5.74, 6) is 0.861. The molecule has 164 valence electrons. The predicted molar refractivity (Wildman–Crippen MR) is 114 cm³/mol. The van der Waals surface area contributed by atoms with E-state index in [1.54, 1.807) is 17.0 Å². The number of rotatable bonds is 7. The van der Waals surface area contributed by atoms with Crippen molar-refractivity contribution in [1.29, 1.82) is 0 Å². The molecule has 2 aromatic rings. The van der Waals surface area contributed by atoms with Crippen LogP contribution in [0.4, 0.5) is 9.18 Å². The summed E-state index contributed by atoms with van der Waals surface area (Å²) < 4.78 is 18.9. The van der Waals surface area contributed by atoms with Crippen LogP contribution in [0.3, 0.4) is 0 Å². The maximum Gasteiger partial charge on any atom is 0.318 e. The maximum absolute atomic E-state index is 13.3. The molecule has 1 N–H and O–H groups in total. The molecule has 7 heteroatoms. The average Bonchev–Trinajstić information content (AvgIpc) is 3.03. The van der Waals surface area contributed by atoms with E-state index in [1.807, 2.05) is 53.7 Å². The lowest BCUT2D eigenvalue weighted by atomic mass is 10.1. The summed E-state index contributed by atoms with van der Waals surface area (Å²) in [6.45, 7) is 11.7. The summed E-state index contributed by atoms with van der Waals surface area (Å²) in [6, 6.07) is 9.25. The fourth-order valence-electron chi connectivity index (χ4n) is 2.93. The normalized spacial score (nSPS) is 11.5. The highest BCUT2D eigenvalue weighted by atomic mass is 19.1. The van der Waals surface area contributed by atoms with Crippen molar-refractivity contribution in [2.75, 3.05) is 6.54 Å². The summed E-state index contributed by atoms with van der Waals surface area (Å²) in [5, 5.41) is 2.91. The molecule has 0 saturated carbocycles. The van der Waals surface area contributed by atoms with E-state index in [2.05, 4.69) is 5.32 Å². The van der Waals surface area contributed by atoms with Crippen molar-refractivity contribution >= 4 is 11.9 Å². The zero-order valence-corrected chi connectivity index (χ0v) is 18.7. The zero-order valence-electron chi connectivity index (χ0n) is 18.7. The molecule has 0 aliphatic heterocycles. The number of carbonyl (C=O) groups is 2. The molecule has 0 atom stereocenters. The Bertz CT molecular complexity index is 853. The molecule has 6 nitrogen and oxygen atoms in total. The van der Waals surface area contributed by atoms with Crippen LogP contribution in [-0.2, 0) is 17.9 Å². The Hall–Kier alpha value is -2.83. The minimum absolute atomic E-state index is 0.0690. The van der Waals surface area contributed by atoms with Gasteiger partial charge in [-0.2, -0.15) is 0 Å². The van der Waals surface area contributed by atoms with Crippen LogP contribution in [0.2, 0.25) is 0 Å². The van der Waals surface area contributed by atoms with Crippen molar-refractivity contribution in [2.45, 2.75) is 66.2 Å². The molecular weight excluding hydrogens is 385 g/mol. The van der Waals surface area contributed by atoms with Crippen molar-refractivity contribution in [1.82, 2.24) is 15.1 Å². The van der Waals surface area contributed by atoms with Gasteiger partial charge in [0.2, 0.25) is 5.91 Å². The first-order valence-corrected chi connectivity index (χ1v) is 10.1. The molecule has 0 fully saturated rings. The summed E-state index contributed by atoms with van der Waals surface area (Å²) in [5.41, 5.74) is 0.385. The van der Waals surface area contributed by atoms with Crippen molar-refractivity contribution in [3.05, 3.63) is 59.3 Å². The van der Waals surface area contributed by atoms with Crippen LogP contribution in [0.5, 0.6) is 0 Å². The number of urea groups is 1. The van der Waals surface area contributed by atoms with Crippen LogP contribution in [0.15, 0.2) is 40.8 Å². The van der Waals surface area contributed by atoms with Crippen LogP contribution < -0.4 is 5.32 Å². The smallest absolute Gasteiger partial charge is 0.318 e. The van der Waals surface area contributed by atoms with Crippen molar-refractivity contribution in [2.24, 2.45) is 0 Å². The summed E-state index contributed by atoms with van der Waals surface area (Å²) in [7, 11) is 0. The average molecular weight is 418 g/mol. The molecule has 30 heavy (non-hydrogen) atoms. The molecule has 0 radical (unpaired) electrons. The third-order valence-electron chi connectivity index (χ3n) is 4.45. The van der Waals surface area contributed by atoms with Crippen LogP contribution >= 0.6 is 0 Å². The van der Waals surface area contributed by atoms with Gasteiger partial charge in [-0.05, 0) is 71.4 Å². The Labute approximate surface area is 178 Å². The number of hydrogen-bond donors (Lipinski definition) is 1. The molecule has 0 spiro atoms. The molecule has 0 unspecified atom stereocenters. The summed E-state index contributed by atoms with van der Waals surface area (Å²) in [6.07, 6.45) is 0. The van der Waals surface area contributed by atoms with Gasteiger partial charge >= 0.3 is 6.03 Å². The second-order valence-electron chi connectivity index (χ2n) is 8.79. The molecule has 2 rings (SSSR count). The van der Waals surface area contributed by atoms with Gasteiger partial charge in [-0.3, -0.25) is 4.79 Å². The standard InChI is InChI=1S/C23H32FN3O3/c1-16(2)27(22(29)25-23(4,5)6)15-21(28)26(14-20-12-7-17(3)30-20)13-18-8-10-19(24)11-9-18/h7-12,16H,13-15H2,1-6H3,(H,25,29). The van der Waals surface area contributed by atoms with Gasteiger partial charge in [0.05, 0.1) is 6.54 Å². The minimum atomic E-state index is -0.410. The molecule has 3 amide bonds. The summed E-state index contributed by atoms with van der Waals surface area (Å²) >= 11 is 0. The van der Waals surface area contributed by atoms with Gasteiger partial charge in [-0.1, -0.05) is 12.1 Å². The van der Waals surface area contributed by atoms with Crippen LogP contribution in [-0.4, -0.2) is 39.9 Å². The molecular formula is C23H32FN3O3. The number of benzene rings is 1. The molecule has 0 saturated heterocycles. The van der Waals surface area contributed by atoms with E-state index in [0.29, 0.717) is 5.76 Å². The lowest BCUT2D eigenvalue weighted by Crippen LogP contribution is -2.53. The van der Waals surface area contributed by atoms with Crippen LogP contribution in [0.1, 0.15) is 51.7 Å². The van der Waals surface area contributed by atoms with E-state index in [4.69, 9.17) is 4.42 Å². The van der Waals surface area contributed by atoms with Gasteiger partial charge in [-0.15, -0.1) is 0 Å². The Morgan fingerprint density at radius 2 is 1.70 bits per heavy atom. The van der Waals surface area contributed by atoms with Gasteiger partial charge in [0, 0.05) is 18.1 Å². The fraction of sp³-hybridized carbons (Fsp3) is 0.478. The number of nitrogens with zero attached hydrogens (tertiary/aromatic N) is 2. The Morgan fingerprint density at radius 3 is 2.20 bits per heavy atom. The quantitative estimate of drug-likeness (QED) is 0.723. The van der Waals surface area contributed by atoms with Crippen molar-refractivity contribution < 1.29 is 18.4 Å². The van der Waals surface area contributed by atoms with E-state index in [9.17, 15) is 14.0 Å². The minimum Gasteiger partial charge on any atom is -0.464 e. The fourth-order valence-corrected chi connectivity index (χ4v) is 2.93. The predicted octanol–water partition coefficient (Wildman–Crippen LogP) is 4.47. The Kier molecular flexibility index (Phi) is 7.65. The van der Waals surface area contributed by atoms with E-state index >= 15 is 0 Å². The van der Waals surface area contributed by atoms with E-state index in [0.717, 1.165) is 11.3 Å². The Balaban J connectivity index is 2.20. The highest BCUT2D eigenvalue weighted by Gasteiger charge is 2.26. The lowest BCUT2D eigenvalue weighted by Gasteiger charge is -2.32. The first-order chi connectivity index (χ1) is 13.9. The molecule has 0 bridgehead atoms. The molecule has 1 aromatic heterocycles. The third kappa shape index (κ3) is 7.21. The number of carbonyl (C=O) groups excluding carboxylic acids is 2. The number of furan rings is 1. The van der Waals surface area contributed by atoms with Gasteiger partial charge < -0.3 is 19.5 Å². The van der Waals surface area contributed by atoms with E-state index < -0.39 is 5.54 Å². The first kappa shape index (κ1) is 23.4. The zero-order chi connectivity index (χ0) is 22.5. The van der Waals surface area contributed by atoms with Crippen LogP contribution in [0, 0.1) is 12.7 Å². The lowest BCUT2D eigenvalue weighted by molar-refractivity contribution is -0.133. The monoisotopic (exact) mass is 417 g/mol. The number of halogens is 1. The second-order valence-corrected chi connectivity index (χ2v) is 8.79.